The highest BCUT2D eigenvalue weighted by Crippen LogP contribution is 2.25. The molecule has 0 fully saturated rings. The molecule has 0 unspecified atom stereocenters. The summed E-state index contributed by atoms with van der Waals surface area (Å²) in [5.74, 6) is 0.447. The summed E-state index contributed by atoms with van der Waals surface area (Å²) in [6.45, 7) is 0. The normalized spacial score (nSPS) is 10.3. The molecule has 78 valence electrons. The lowest BCUT2D eigenvalue weighted by atomic mass is 10.1. The van der Waals surface area contributed by atoms with Gasteiger partial charge in [0.1, 0.15) is 0 Å². The first-order valence-corrected chi connectivity index (χ1v) is 4.49. The van der Waals surface area contributed by atoms with Crippen LogP contribution < -0.4 is 10.5 Å². The van der Waals surface area contributed by atoms with Crippen LogP contribution >= 0.6 is 0 Å². The average molecular weight is 204 g/mol. The Morgan fingerprint density at radius 1 is 1.33 bits per heavy atom. The molecule has 2 heterocycles. The Morgan fingerprint density at radius 3 is 2.67 bits per heavy atom. The smallest absolute Gasteiger partial charge is 0.236 e. The number of nitrogen functional groups attached to an aromatic ring is 1. The van der Waals surface area contributed by atoms with Gasteiger partial charge in [-0.1, -0.05) is 0 Å². The summed E-state index contributed by atoms with van der Waals surface area (Å²) in [6, 6.07) is 1.82. The minimum atomic E-state index is 0.447. The van der Waals surface area contributed by atoms with E-state index in [1.54, 1.807) is 24.2 Å². The van der Waals surface area contributed by atoms with Gasteiger partial charge in [-0.25, -0.2) is 4.98 Å². The van der Waals surface area contributed by atoms with Gasteiger partial charge >= 0.3 is 0 Å². The molecule has 0 aliphatic rings. The van der Waals surface area contributed by atoms with E-state index in [2.05, 4.69) is 10.1 Å². The van der Waals surface area contributed by atoms with Crippen LogP contribution in [0.2, 0.25) is 0 Å². The van der Waals surface area contributed by atoms with E-state index in [-0.39, 0.29) is 0 Å². The fourth-order valence-electron chi connectivity index (χ4n) is 1.37. The van der Waals surface area contributed by atoms with Crippen LogP contribution in [0.15, 0.2) is 24.7 Å². The van der Waals surface area contributed by atoms with Gasteiger partial charge in [-0.05, 0) is 6.07 Å². The lowest BCUT2D eigenvalue weighted by molar-refractivity contribution is 0.400. The van der Waals surface area contributed by atoms with Crippen LogP contribution in [0, 0.1) is 0 Å². The van der Waals surface area contributed by atoms with Crippen LogP contribution in [0.3, 0.4) is 0 Å². The standard InChI is InChI=1S/C10H12N4O/c1-14-6-8(5-13-14)7-3-9(11)10(15-2)12-4-7/h3-6H,11H2,1-2H3. The lowest BCUT2D eigenvalue weighted by Crippen LogP contribution is -1.95. The van der Waals surface area contributed by atoms with E-state index in [0.717, 1.165) is 11.1 Å². The molecule has 0 saturated carbocycles. The zero-order chi connectivity index (χ0) is 10.8. The summed E-state index contributed by atoms with van der Waals surface area (Å²) < 4.78 is 6.72. The molecule has 0 saturated heterocycles. The molecule has 0 atom stereocenters. The van der Waals surface area contributed by atoms with E-state index in [1.807, 2.05) is 19.3 Å². The molecule has 2 N–H and O–H groups in total. The molecule has 0 aromatic carbocycles. The molecule has 0 amide bonds. The first kappa shape index (κ1) is 9.51. The Balaban J connectivity index is 2.42. The van der Waals surface area contributed by atoms with Gasteiger partial charge in [0.05, 0.1) is 19.0 Å². The Kier molecular flexibility index (Phi) is 2.29. The molecule has 2 aromatic heterocycles. The molecule has 2 rings (SSSR count). The Hall–Kier alpha value is -2.04. The van der Waals surface area contributed by atoms with E-state index in [4.69, 9.17) is 10.5 Å². The number of nitrogens with zero attached hydrogens (tertiary/aromatic N) is 3. The van der Waals surface area contributed by atoms with Crippen molar-refractivity contribution in [2.24, 2.45) is 7.05 Å². The van der Waals surface area contributed by atoms with Crippen molar-refractivity contribution in [1.82, 2.24) is 14.8 Å². The number of pyridine rings is 1. The number of aryl methyl sites for hydroxylation is 1. The van der Waals surface area contributed by atoms with Crippen molar-refractivity contribution in [2.45, 2.75) is 0 Å². The highest BCUT2D eigenvalue weighted by Gasteiger charge is 2.05. The number of aromatic nitrogens is 3. The molecule has 5 nitrogen and oxygen atoms in total. The van der Waals surface area contributed by atoms with E-state index in [1.165, 1.54) is 0 Å². The van der Waals surface area contributed by atoms with Crippen LogP contribution in [0.5, 0.6) is 5.88 Å². The van der Waals surface area contributed by atoms with Gasteiger partial charge in [0.25, 0.3) is 0 Å². The summed E-state index contributed by atoms with van der Waals surface area (Å²) in [4.78, 5) is 4.10. The summed E-state index contributed by atoms with van der Waals surface area (Å²) in [7, 11) is 3.41. The summed E-state index contributed by atoms with van der Waals surface area (Å²) in [5.41, 5.74) is 8.21. The van der Waals surface area contributed by atoms with Crippen LogP contribution in [-0.2, 0) is 7.05 Å². The molecule has 0 radical (unpaired) electrons. The number of rotatable bonds is 2. The topological polar surface area (TPSA) is 66.0 Å². The SMILES string of the molecule is COc1ncc(-c2cnn(C)c2)cc1N. The van der Waals surface area contributed by atoms with Crippen molar-refractivity contribution in [3.05, 3.63) is 24.7 Å². The fourth-order valence-corrected chi connectivity index (χ4v) is 1.37. The zero-order valence-electron chi connectivity index (χ0n) is 8.64. The second-order valence-electron chi connectivity index (χ2n) is 3.23. The molecule has 0 aliphatic heterocycles. The van der Waals surface area contributed by atoms with E-state index in [0.29, 0.717) is 11.6 Å². The molecule has 0 bridgehead atoms. The van der Waals surface area contributed by atoms with Crippen molar-refractivity contribution >= 4 is 5.69 Å². The Bertz CT molecular complexity index is 478. The number of hydrogen-bond donors (Lipinski definition) is 1. The maximum Gasteiger partial charge on any atom is 0.236 e. The maximum absolute atomic E-state index is 5.76. The Morgan fingerprint density at radius 2 is 2.13 bits per heavy atom. The second kappa shape index (κ2) is 3.61. The number of anilines is 1. The zero-order valence-corrected chi connectivity index (χ0v) is 8.64. The number of hydrogen-bond acceptors (Lipinski definition) is 4. The highest BCUT2D eigenvalue weighted by molar-refractivity contribution is 5.67. The van der Waals surface area contributed by atoms with Crippen molar-refractivity contribution in [2.75, 3.05) is 12.8 Å². The van der Waals surface area contributed by atoms with Crippen molar-refractivity contribution in [3.8, 4) is 17.0 Å². The van der Waals surface area contributed by atoms with E-state index in [9.17, 15) is 0 Å². The summed E-state index contributed by atoms with van der Waals surface area (Å²) in [6.07, 6.45) is 5.39. The molecular weight excluding hydrogens is 192 g/mol. The second-order valence-corrected chi connectivity index (χ2v) is 3.23. The van der Waals surface area contributed by atoms with Crippen LogP contribution in [0.1, 0.15) is 0 Å². The molecule has 15 heavy (non-hydrogen) atoms. The third-order valence-corrected chi connectivity index (χ3v) is 2.11. The molecule has 0 spiro atoms. The quantitative estimate of drug-likeness (QED) is 0.794. The van der Waals surface area contributed by atoms with Crippen LogP contribution in [0.4, 0.5) is 5.69 Å². The number of ether oxygens (including phenoxy) is 1. The third-order valence-electron chi connectivity index (χ3n) is 2.11. The van der Waals surface area contributed by atoms with Gasteiger partial charge in [0, 0.05) is 30.6 Å². The van der Waals surface area contributed by atoms with Gasteiger partial charge in [-0.15, -0.1) is 0 Å². The summed E-state index contributed by atoms with van der Waals surface area (Å²) >= 11 is 0. The van der Waals surface area contributed by atoms with Crippen molar-refractivity contribution < 1.29 is 4.74 Å². The fraction of sp³-hybridized carbons (Fsp3) is 0.200. The van der Waals surface area contributed by atoms with Gasteiger partial charge in [-0.3, -0.25) is 4.68 Å². The first-order valence-electron chi connectivity index (χ1n) is 4.49. The maximum atomic E-state index is 5.76. The molecule has 5 heteroatoms. The predicted molar refractivity (Wildman–Crippen MR) is 57.4 cm³/mol. The first-order chi connectivity index (χ1) is 7.20. The predicted octanol–water partition coefficient (Wildman–Crippen LogP) is 1.07. The van der Waals surface area contributed by atoms with Crippen molar-refractivity contribution in [3.63, 3.8) is 0 Å². The average Bonchev–Trinajstić information content (AvgIpc) is 2.65. The van der Waals surface area contributed by atoms with Crippen molar-refractivity contribution in [1.29, 1.82) is 0 Å². The molecule has 0 aliphatic carbocycles. The molecular formula is C10H12N4O. The van der Waals surface area contributed by atoms with Gasteiger partial charge in [0.2, 0.25) is 5.88 Å². The third kappa shape index (κ3) is 1.76. The monoisotopic (exact) mass is 204 g/mol. The lowest BCUT2D eigenvalue weighted by Gasteiger charge is -2.04. The largest absolute Gasteiger partial charge is 0.480 e. The van der Waals surface area contributed by atoms with Gasteiger partial charge in [0.15, 0.2) is 0 Å². The number of nitrogens with two attached hydrogens (primary N) is 1. The van der Waals surface area contributed by atoms with Crippen LogP contribution in [0.25, 0.3) is 11.1 Å². The highest BCUT2D eigenvalue weighted by atomic mass is 16.5. The Labute approximate surface area is 87.5 Å². The van der Waals surface area contributed by atoms with E-state index >= 15 is 0 Å². The van der Waals surface area contributed by atoms with Gasteiger partial charge in [-0.2, -0.15) is 5.10 Å². The summed E-state index contributed by atoms with van der Waals surface area (Å²) in [5, 5.41) is 4.08. The number of methoxy groups -OCH3 is 1. The minimum absolute atomic E-state index is 0.447. The van der Waals surface area contributed by atoms with Gasteiger partial charge < -0.3 is 10.5 Å². The minimum Gasteiger partial charge on any atom is -0.480 e. The van der Waals surface area contributed by atoms with E-state index < -0.39 is 0 Å². The molecule has 2 aromatic rings. The van der Waals surface area contributed by atoms with Crippen LogP contribution in [-0.4, -0.2) is 21.9 Å².